The molecule has 6 rings (SSSR count). The summed E-state index contributed by atoms with van der Waals surface area (Å²) in [7, 11) is 0. The van der Waals surface area contributed by atoms with E-state index in [1.54, 1.807) is 24.3 Å². The van der Waals surface area contributed by atoms with Crippen LogP contribution in [0.5, 0.6) is 23.0 Å². The van der Waals surface area contributed by atoms with Crippen molar-refractivity contribution in [3.63, 3.8) is 0 Å². The lowest BCUT2D eigenvalue weighted by molar-refractivity contribution is -0.276. The molecule has 0 bridgehead atoms. The number of rotatable bonds is 6. The Hall–Kier alpha value is -4.04. The Morgan fingerprint density at radius 3 is 1.07 bits per heavy atom. The molecule has 0 radical (unpaired) electrons. The minimum atomic E-state index is -4.59. The first kappa shape index (κ1) is 33.3. The highest BCUT2D eigenvalue weighted by molar-refractivity contribution is 9.18. The van der Waals surface area contributed by atoms with E-state index in [-0.39, 0.29) is 20.4 Å². The molecule has 0 aromatic heterocycles. The third-order valence-electron chi connectivity index (χ3n) is 6.91. The van der Waals surface area contributed by atoms with Crippen LogP contribution >= 0.6 is 31.9 Å². The maximum atomic E-state index is 13.5. The van der Waals surface area contributed by atoms with E-state index in [4.69, 9.17) is 19.1 Å². The Morgan fingerprint density at radius 2 is 0.804 bits per heavy atom. The predicted molar refractivity (Wildman–Crippen MR) is 166 cm³/mol. The van der Waals surface area contributed by atoms with Gasteiger partial charge in [-0.2, -0.15) is 26.3 Å². The Kier molecular flexibility index (Phi) is 9.68. The molecular formula is C32H22Br2F6N2O4. The molecule has 0 fully saturated rings. The van der Waals surface area contributed by atoms with Crippen LogP contribution in [0, 0.1) is 0 Å². The fraction of sp³-hybridized carbons (Fsp3) is 0.188. The smallest absolute Gasteiger partial charge is 0.435 e. The summed E-state index contributed by atoms with van der Waals surface area (Å²) in [6.45, 7) is 0. The van der Waals surface area contributed by atoms with Gasteiger partial charge in [-0.05, 0) is 80.4 Å². The third kappa shape index (κ3) is 7.17. The van der Waals surface area contributed by atoms with Gasteiger partial charge in [0, 0.05) is 11.1 Å². The van der Waals surface area contributed by atoms with Crippen molar-refractivity contribution in [3.8, 4) is 23.0 Å². The summed E-state index contributed by atoms with van der Waals surface area (Å²) in [5.41, 5.74) is -4.97. The quantitative estimate of drug-likeness (QED) is 0.183. The van der Waals surface area contributed by atoms with Crippen LogP contribution in [0.3, 0.4) is 0 Å². The molecule has 0 N–H and O–H groups in total. The van der Waals surface area contributed by atoms with Gasteiger partial charge in [0.2, 0.25) is 0 Å². The van der Waals surface area contributed by atoms with E-state index in [1.807, 2.05) is 36.4 Å². The highest BCUT2D eigenvalue weighted by atomic mass is 79.9. The fourth-order valence-electron chi connectivity index (χ4n) is 4.57. The van der Waals surface area contributed by atoms with Crippen molar-refractivity contribution in [3.05, 3.63) is 120 Å². The predicted octanol–water partition coefficient (Wildman–Crippen LogP) is 10.7. The minimum Gasteiger partial charge on any atom is -0.457 e. The van der Waals surface area contributed by atoms with Crippen LogP contribution < -0.4 is 9.47 Å². The van der Waals surface area contributed by atoms with Crippen molar-refractivity contribution in [2.24, 2.45) is 10.3 Å². The van der Waals surface area contributed by atoms with Crippen molar-refractivity contribution < 1.29 is 45.5 Å². The van der Waals surface area contributed by atoms with E-state index in [9.17, 15) is 26.3 Å². The van der Waals surface area contributed by atoms with Gasteiger partial charge in [0.05, 0.1) is 12.8 Å². The molecule has 14 heteroatoms. The zero-order valence-electron chi connectivity index (χ0n) is 23.4. The lowest BCUT2D eigenvalue weighted by atomic mass is 9.90. The number of nitrogens with zero attached hydrogens (tertiary/aromatic N) is 2. The molecule has 2 heterocycles. The van der Waals surface area contributed by atoms with Gasteiger partial charge in [-0.1, -0.05) is 71.0 Å². The number of hydrogen-bond acceptors (Lipinski definition) is 6. The first-order valence-electron chi connectivity index (χ1n) is 13.4. The summed E-state index contributed by atoms with van der Waals surface area (Å²) in [6.07, 6.45) is -9.97. The zero-order valence-corrected chi connectivity index (χ0v) is 26.5. The minimum absolute atomic E-state index is 0.0244. The van der Waals surface area contributed by atoms with Crippen molar-refractivity contribution in [1.82, 2.24) is 0 Å². The summed E-state index contributed by atoms with van der Waals surface area (Å²) in [6, 6.07) is 29.2. The van der Waals surface area contributed by atoms with Gasteiger partial charge in [0.1, 0.15) is 32.2 Å². The molecule has 0 saturated heterocycles. The molecule has 240 valence electrons. The van der Waals surface area contributed by atoms with Gasteiger partial charge >= 0.3 is 12.4 Å². The Morgan fingerprint density at radius 1 is 0.500 bits per heavy atom. The van der Waals surface area contributed by atoms with Crippen molar-refractivity contribution in [2.75, 3.05) is 0 Å². The lowest BCUT2D eigenvalue weighted by Gasteiger charge is -2.29. The monoisotopic (exact) mass is 770 g/mol. The molecule has 46 heavy (non-hydrogen) atoms. The van der Waals surface area contributed by atoms with Crippen LogP contribution in [-0.2, 0) is 20.9 Å². The number of ether oxygens (including phenoxy) is 2. The molecule has 4 aromatic carbocycles. The van der Waals surface area contributed by atoms with Crippen molar-refractivity contribution in [1.29, 1.82) is 0 Å². The normalized spacial score (nSPS) is 20.8. The van der Waals surface area contributed by atoms with Gasteiger partial charge in [0.25, 0.3) is 11.2 Å². The highest BCUT2D eigenvalue weighted by Gasteiger charge is 2.63. The molecule has 0 spiro atoms. The van der Waals surface area contributed by atoms with Gasteiger partial charge in [-0.15, -0.1) is 0 Å². The van der Waals surface area contributed by atoms with Crippen LogP contribution in [0.4, 0.5) is 26.3 Å². The highest BCUT2D eigenvalue weighted by Crippen LogP contribution is 2.50. The largest absolute Gasteiger partial charge is 0.457 e. The Bertz CT molecular complexity index is 1560. The van der Waals surface area contributed by atoms with Crippen LogP contribution in [0.2, 0.25) is 0 Å². The molecule has 0 unspecified atom stereocenters. The van der Waals surface area contributed by atoms with E-state index in [0.717, 1.165) is 0 Å². The van der Waals surface area contributed by atoms with E-state index >= 15 is 0 Å². The van der Waals surface area contributed by atoms with Crippen LogP contribution in [0.25, 0.3) is 0 Å². The van der Waals surface area contributed by atoms with Crippen LogP contribution in [0.1, 0.15) is 24.0 Å². The van der Waals surface area contributed by atoms with E-state index in [0.29, 0.717) is 23.0 Å². The molecule has 4 aromatic rings. The van der Waals surface area contributed by atoms with Gasteiger partial charge < -0.3 is 19.1 Å². The van der Waals surface area contributed by atoms with Crippen LogP contribution in [0.15, 0.2) is 120 Å². The number of benzene rings is 4. The second-order valence-electron chi connectivity index (χ2n) is 10.00. The van der Waals surface area contributed by atoms with Crippen LogP contribution in [-0.4, -0.2) is 21.6 Å². The van der Waals surface area contributed by atoms with Gasteiger partial charge in [-0.25, -0.2) is 0 Å². The molecule has 2 aliphatic rings. The number of alkyl halides is 6. The lowest BCUT2D eigenvalue weighted by Crippen LogP contribution is -2.42. The second kappa shape index (κ2) is 13.4. The molecule has 2 aliphatic heterocycles. The SMILES string of the molecule is FC(F)(F)[C@@]1(c2ccc(Oc3ccccc3)cc2)CC(Br)=NO1.FC(F)(F)[C@]1(c2ccc(Oc3ccccc3)cc2)CC(Br)=NO1. The molecular weight excluding hydrogens is 750 g/mol. The number of oxime groups is 2. The first-order chi connectivity index (χ1) is 21.8. The summed E-state index contributed by atoms with van der Waals surface area (Å²) >= 11 is 5.93. The second-order valence-corrected chi connectivity index (χ2v) is 11.8. The molecule has 2 atom stereocenters. The van der Waals surface area contributed by atoms with Gasteiger partial charge in [-0.3, -0.25) is 0 Å². The number of hydrogen-bond donors (Lipinski definition) is 0. The molecule has 0 saturated carbocycles. The topological polar surface area (TPSA) is 61.6 Å². The number of para-hydroxylation sites is 2. The maximum absolute atomic E-state index is 13.5. The van der Waals surface area contributed by atoms with Crippen molar-refractivity contribution in [2.45, 2.75) is 36.4 Å². The molecule has 0 aliphatic carbocycles. The fourth-order valence-corrected chi connectivity index (χ4v) is 5.50. The first-order valence-corrected chi connectivity index (χ1v) is 15.0. The molecule has 6 nitrogen and oxygen atoms in total. The average molecular weight is 772 g/mol. The summed E-state index contributed by atoms with van der Waals surface area (Å²) in [4.78, 5) is 9.47. The van der Waals surface area contributed by atoms with E-state index < -0.39 is 36.4 Å². The third-order valence-corrected chi connectivity index (χ3v) is 7.76. The number of halogens is 8. The maximum Gasteiger partial charge on any atom is 0.435 e. The van der Waals surface area contributed by atoms with E-state index in [1.165, 1.54) is 48.5 Å². The van der Waals surface area contributed by atoms with Gasteiger partial charge in [0.15, 0.2) is 0 Å². The average Bonchev–Trinajstić information content (AvgIpc) is 3.63. The molecule has 0 amide bonds. The van der Waals surface area contributed by atoms with Crippen molar-refractivity contribution >= 4 is 41.1 Å². The van der Waals surface area contributed by atoms with E-state index in [2.05, 4.69) is 42.2 Å². The Labute approximate surface area is 275 Å². The zero-order chi connectivity index (χ0) is 33.0. The summed E-state index contributed by atoms with van der Waals surface area (Å²) in [5, 5.41) is 6.81. The Balaban J connectivity index is 0.000000181. The summed E-state index contributed by atoms with van der Waals surface area (Å²) < 4.78 is 92.2. The standard InChI is InChI=1S/2C16H11BrF3NO2/c2*17-14-10-15(23-21-14,16(18,19)20)11-6-8-13(9-7-11)22-12-4-2-1-3-5-12/h2*1-9H,10H2/t2*15-/m10/s1. The summed E-state index contributed by atoms with van der Waals surface area (Å²) in [5.74, 6) is 2.09.